The zero-order valence-electron chi connectivity index (χ0n) is 8.66. The van der Waals surface area contributed by atoms with Crippen LogP contribution in [0.4, 0.5) is 4.79 Å². The maximum Gasteiger partial charge on any atom is 0.407 e. The van der Waals surface area contributed by atoms with Gasteiger partial charge < -0.3 is 15.2 Å². The molecule has 0 unspecified atom stereocenters. The van der Waals surface area contributed by atoms with Crippen LogP contribution in [-0.2, 0) is 9.53 Å². The van der Waals surface area contributed by atoms with Crippen LogP contribution in [-0.4, -0.2) is 41.3 Å². The van der Waals surface area contributed by atoms with Gasteiger partial charge in [-0.15, -0.1) is 0 Å². The third kappa shape index (κ3) is 3.45. The fourth-order valence-corrected chi connectivity index (χ4v) is 1.22. The molecule has 0 fully saturated rings. The molecule has 0 aromatic carbocycles. The summed E-state index contributed by atoms with van der Waals surface area (Å²) in [4.78, 5) is 21.8. The summed E-state index contributed by atoms with van der Waals surface area (Å²) in [7, 11) is 1.19. The Bertz CT molecular complexity index is 229. The normalized spacial score (nSPS) is 13.1. The van der Waals surface area contributed by atoms with Gasteiger partial charge in [-0.05, 0) is 20.1 Å². The van der Waals surface area contributed by atoms with E-state index < -0.39 is 22.9 Å². The number of aliphatic carboxylic acids is 1. The summed E-state index contributed by atoms with van der Waals surface area (Å²) in [6.07, 6.45) is 1.05. The van der Waals surface area contributed by atoms with Crippen LogP contribution in [0.1, 0.15) is 13.8 Å². The zero-order chi connectivity index (χ0) is 11.4. The number of rotatable bonds is 4. The molecule has 0 aromatic heterocycles. The van der Waals surface area contributed by atoms with E-state index in [4.69, 9.17) is 5.11 Å². The van der Waals surface area contributed by atoms with Gasteiger partial charge in [0.15, 0.2) is 0 Å². The van der Waals surface area contributed by atoms with Gasteiger partial charge in [0.1, 0.15) is 6.04 Å². The Morgan fingerprint density at radius 3 is 2.29 bits per heavy atom. The largest absolute Gasteiger partial charge is 0.480 e. The Morgan fingerprint density at radius 2 is 2.00 bits per heavy atom. The van der Waals surface area contributed by atoms with E-state index in [-0.39, 0.29) is 0 Å². The number of hydrogen-bond donors (Lipinski definition) is 2. The molecule has 0 saturated heterocycles. The summed E-state index contributed by atoms with van der Waals surface area (Å²) in [5.41, 5.74) is 0. The van der Waals surface area contributed by atoms with Gasteiger partial charge in [-0.25, -0.2) is 9.59 Å². The summed E-state index contributed by atoms with van der Waals surface area (Å²) in [6.45, 7) is 3.48. The van der Waals surface area contributed by atoms with E-state index in [1.54, 1.807) is 20.1 Å². The number of hydrogen-bond acceptors (Lipinski definition) is 4. The first-order chi connectivity index (χ1) is 6.35. The number of methoxy groups -OCH3 is 1. The van der Waals surface area contributed by atoms with Gasteiger partial charge in [0.2, 0.25) is 0 Å². The lowest BCUT2D eigenvalue weighted by Gasteiger charge is -2.29. The van der Waals surface area contributed by atoms with E-state index in [1.165, 1.54) is 18.9 Å². The molecule has 1 atom stereocenters. The molecule has 0 heterocycles. The van der Waals surface area contributed by atoms with Gasteiger partial charge in [-0.2, -0.15) is 11.8 Å². The van der Waals surface area contributed by atoms with E-state index in [1.807, 2.05) is 0 Å². The second-order valence-electron chi connectivity index (χ2n) is 3.21. The third-order valence-electron chi connectivity index (χ3n) is 1.92. The monoisotopic (exact) mass is 221 g/mol. The average molecular weight is 221 g/mol. The fraction of sp³-hybridized carbons (Fsp3) is 0.750. The Labute approximate surface area is 87.2 Å². The number of carbonyl (C=O) groups excluding carboxylic acids is 1. The van der Waals surface area contributed by atoms with Crippen molar-refractivity contribution < 1.29 is 19.4 Å². The third-order valence-corrected chi connectivity index (χ3v) is 3.20. The predicted octanol–water partition coefficient (Wildman–Crippen LogP) is 0.937. The van der Waals surface area contributed by atoms with E-state index >= 15 is 0 Å². The van der Waals surface area contributed by atoms with Crippen molar-refractivity contribution in [2.45, 2.75) is 24.6 Å². The van der Waals surface area contributed by atoms with Crippen molar-refractivity contribution in [2.24, 2.45) is 0 Å². The van der Waals surface area contributed by atoms with Crippen molar-refractivity contribution in [3.63, 3.8) is 0 Å². The first-order valence-electron chi connectivity index (χ1n) is 3.97. The molecule has 0 aliphatic rings. The maximum atomic E-state index is 10.9. The fourth-order valence-electron chi connectivity index (χ4n) is 0.828. The lowest BCUT2D eigenvalue weighted by atomic mass is 10.0. The van der Waals surface area contributed by atoms with Crippen molar-refractivity contribution in [1.82, 2.24) is 5.32 Å². The van der Waals surface area contributed by atoms with Gasteiger partial charge in [-0.1, -0.05) is 0 Å². The highest BCUT2D eigenvalue weighted by atomic mass is 32.2. The van der Waals surface area contributed by atoms with E-state index in [0.717, 1.165) is 0 Å². The van der Waals surface area contributed by atoms with Crippen LogP contribution in [0.5, 0.6) is 0 Å². The molecule has 0 rings (SSSR count). The average Bonchev–Trinajstić information content (AvgIpc) is 2.12. The minimum Gasteiger partial charge on any atom is -0.480 e. The molecule has 0 aromatic rings. The highest BCUT2D eigenvalue weighted by Gasteiger charge is 2.36. The first kappa shape index (κ1) is 13.1. The molecule has 0 spiro atoms. The van der Waals surface area contributed by atoms with Crippen LogP contribution in [0.25, 0.3) is 0 Å². The number of ether oxygens (including phenoxy) is 1. The summed E-state index contributed by atoms with van der Waals surface area (Å²) in [6, 6.07) is -0.968. The second-order valence-corrected chi connectivity index (χ2v) is 4.68. The van der Waals surface area contributed by atoms with Gasteiger partial charge in [0.05, 0.1) is 7.11 Å². The van der Waals surface area contributed by atoms with Gasteiger partial charge in [0, 0.05) is 4.75 Å². The van der Waals surface area contributed by atoms with E-state index in [9.17, 15) is 9.59 Å². The lowest BCUT2D eigenvalue weighted by Crippen LogP contribution is -2.52. The van der Waals surface area contributed by atoms with E-state index in [2.05, 4.69) is 10.1 Å². The minimum atomic E-state index is -1.07. The number of carbonyl (C=O) groups is 2. The van der Waals surface area contributed by atoms with Crippen LogP contribution >= 0.6 is 11.8 Å². The number of carboxylic acids is 1. The molecule has 2 N–H and O–H groups in total. The van der Waals surface area contributed by atoms with Crippen molar-refractivity contribution in [3.8, 4) is 0 Å². The molecule has 0 saturated carbocycles. The summed E-state index contributed by atoms with van der Waals surface area (Å²) < 4.78 is 3.76. The van der Waals surface area contributed by atoms with Gasteiger partial charge in [-0.3, -0.25) is 0 Å². The molecule has 1 amide bonds. The number of nitrogens with one attached hydrogen (secondary N) is 1. The Kier molecular flexibility index (Phi) is 4.76. The molecular formula is C8H15NO4S. The minimum absolute atomic E-state index is 0.583. The zero-order valence-corrected chi connectivity index (χ0v) is 9.47. The number of amides is 1. The molecule has 14 heavy (non-hydrogen) atoms. The molecule has 0 aliphatic heterocycles. The Balaban J connectivity index is 4.61. The van der Waals surface area contributed by atoms with Gasteiger partial charge >= 0.3 is 12.1 Å². The maximum absolute atomic E-state index is 10.9. The molecule has 6 heteroatoms. The van der Waals surface area contributed by atoms with Crippen LogP contribution < -0.4 is 5.32 Å². The number of alkyl carbamates (subject to hydrolysis) is 1. The molecule has 0 radical (unpaired) electrons. The highest BCUT2D eigenvalue weighted by molar-refractivity contribution is 8.00. The number of thioether (sulfide) groups is 1. The van der Waals surface area contributed by atoms with Crippen molar-refractivity contribution >= 4 is 23.8 Å². The standard InChI is InChI=1S/C8H15NO4S/c1-8(2,14-4)5(6(10)11)9-7(12)13-3/h5H,1-4H3,(H,9,12)(H,10,11)/t5-/m1/s1. The van der Waals surface area contributed by atoms with Crippen molar-refractivity contribution in [1.29, 1.82) is 0 Å². The number of carboxylic acid groups (broad SMARTS) is 1. The molecule has 0 bridgehead atoms. The molecule has 5 nitrogen and oxygen atoms in total. The summed E-state index contributed by atoms with van der Waals surface area (Å²) in [5.74, 6) is -1.07. The van der Waals surface area contributed by atoms with Crippen molar-refractivity contribution in [2.75, 3.05) is 13.4 Å². The Morgan fingerprint density at radius 1 is 1.50 bits per heavy atom. The topological polar surface area (TPSA) is 75.6 Å². The first-order valence-corrected chi connectivity index (χ1v) is 5.20. The smallest absolute Gasteiger partial charge is 0.407 e. The molecule has 0 aliphatic carbocycles. The van der Waals surface area contributed by atoms with E-state index in [0.29, 0.717) is 0 Å². The predicted molar refractivity (Wildman–Crippen MR) is 54.6 cm³/mol. The summed E-state index contributed by atoms with van der Waals surface area (Å²) >= 11 is 1.36. The van der Waals surface area contributed by atoms with Crippen LogP contribution in [0, 0.1) is 0 Å². The Hall–Kier alpha value is -0.910. The lowest BCUT2D eigenvalue weighted by molar-refractivity contribution is -0.139. The summed E-state index contributed by atoms with van der Waals surface area (Å²) in [5, 5.41) is 11.2. The van der Waals surface area contributed by atoms with Crippen LogP contribution in [0.15, 0.2) is 0 Å². The highest BCUT2D eigenvalue weighted by Crippen LogP contribution is 2.25. The second kappa shape index (κ2) is 5.09. The van der Waals surface area contributed by atoms with Crippen LogP contribution in [0.3, 0.4) is 0 Å². The SMILES string of the molecule is COC(=O)N[C@H](C(=O)O)C(C)(C)SC. The van der Waals surface area contributed by atoms with Gasteiger partial charge in [0.25, 0.3) is 0 Å². The van der Waals surface area contributed by atoms with Crippen LogP contribution in [0.2, 0.25) is 0 Å². The quantitative estimate of drug-likeness (QED) is 0.738. The van der Waals surface area contributed by atoms with Crippen molar-refractivity contribution in [3.05, 3.63) is 0 Å². The molecule has 82 valence electrons. The molecular weight excluding hydrogens is 206 g/mol.